The molecule has 1 N–H and O–H groups in total. The maximum Gasteiger partial charge on any atom is 0.0302 e. The Balaban J connectivity index is 2.31. The first-order valence-electron chi connectivity index (χ1n) is 4.44. The number of thiophene rings is 1. The lowest BCUT2D eigenvalue weighted by Crippen LogP contribution is -2.24. The maximum atomic E-state index is 5.22. The molecule has 0 bridgehead atoms. The van der Waals surface area contributed by atoms with E-state index in [-0.39, 0.29) is 0 Å². The van der Waals surface area contributed by atoms with E-state index < -0.39 is 0 Å². The first-order chi connectivity index (χ1) is 6.22. The Morgan fingerprint density at radius 3 is 2.92 bits per heavy atom. The minimum Gasteiger partial charge on any atom is -0.308 e. The molecule has 1 unspecified atom stereocenters. The minimum atomic E-state index is 0.410. The van der Waals surface area contributed by atoms with Crippen molar-refractivity contribution in [1.82, 2.24) is 5.32 Å². The van der Waals surface area contributed by atoms with E-state index in [4.69, 9.17) is 6.42 Å². The van der Waals surface area contributed by atoms with Crippen LogP contribution in [0.2, 0.25) is 0 Å². The zero-order valence-corrected chi connectivity index (χ0v) is 8.95. The fourth-order valence-electron chi connectivity index (χ4n) is 1.10. The van der Waals surface area contributed by atoms with Gasteiger partial charge in [-0.1, -0.05) is 0 Å². The van der Waals surface area contributed by atoms with Crippen LogP contribution in [0, 0.1) is 19.3 Å². The highest BCUT2D eigenvalue weighted by Gasteiger charge is 2.00. The van der Waals surface area contributed by atoms with Crippen molar-refractivity contribution in [1.29, 1.82) is 0 Å². The Morgan fingerprint density at radius 2 is 2.38 bits per heavy atom. The first kappa shape index (κ1) is 10.3. The smallest absolute Gasteiger partial charge is 0.0302 e. The van der Waals surface area contributed by atoms with Crippen molar-refractivity contribution in [2.45, 2.75) is 32.9 Å². The lowest BCUT2D eigenvalue weighted by Gasteiger charge is -2.08. The Kier molecular flexibility index (Phi) is 4.01. The van der Waals surface area contributed by atoms with Gasteiger partial charge in [-0.05, 0) is 26.0 Å². The number of rotatable bonds is 4. The van der Waals surface area contributed by atoms with E-state index in [0.29, 0.717) is 6.04 Å². The third kappa shape index (κ3) is 3.63. The number of aryl methyl sites for hydroxylation is 1. The van der Waals surface area contributed by atoms with Crippen molar-refractivity contribution in [3.63, 3.8) is 0 Å². The predicted molar refractivity (Wildman–Crippen MR) is 58.8 cm³/mol. The summed E-state index contributed by atoms with van der Waals surface area (Å²) < 4.78 is 0. The van der Waals surface area contributed by atoms with Crippen LogP contribution in [0.4, 0.5) is 0 Å². The van der Waals surface area contributed by atoms with Crippen molar-refractivity contribution < 1.29 is 0 Å². The van der Waals surface area contributed by atoms with Crippen molar-refractivity contribution >= 4 is 11.3 Å². The Hall–Kier alpha value is -0.780. The van der Waals surface area contributed by atoms with Crippen LogP contribution < -0.4 is 5.32 Å². The molecule has 0 aliphatic carbocycles. The molecule has 0 fully saturated rings. The highest BCUT2D eigenvalue weighted by Crippen LogP contribution is 2.14. The van der Waals surface area contributed by atoms with Crippen LogP contribution in [0.1, 0.15) is 23.1 Å². The molecule has 1 rings (SSSR count). The molecule has 13 heavy (non-hydrogen) atoms. The molecule has 1 aromatic rings. The third-order valence-corrected chi connectivity index (χ3v) is 2.85. The molecule has 1 heterocycles. The molecule has 0 spiro atoms. The van der Waals surface area contributed by atoms with E-state index in [1.807, 2.05) is 11.3 Å². The van der Waals surface area contributed by atoms with Gasteiger partial charge in [-0.15, -0.1) is 23.7 Å². The Labute approximate surface area is 84.2 Å². The Morgan fingerprint density at radius 1 is 1.62 bits per heavy atom. The van der Waals surface area contributed by atoms with Crippen LogP contribution in [0.15, 0.2) is 12.1 Å². The number of hydrogen-bond donors (Lipinski definition) is 1. The number of nitrogens with one attached hydrogen (secondary N) is 1. The van der Waals surface area contributed by atoms with E-state index in [0.717, 1.165) is 13.0 Å². The minimum absolute atomic E-state index is 0.410. The molecule has 0 amide bonds. The largest absolute Gasteiger partial charge is 0.308 e. The second kappa shape index (κ2) is 5.06. The average molecular weight is 193 g/mol. The van der Waals surface area contributed by atoms with Crippen LogP contribution in [0.5, 0.6) is 0 Å². The zero-order chi connectivity index (χ0) is 9.68. The summed E-state index contributed by atoms with van der Waals surface area (Å²) in [6.07, 6.45) is 6.01. The normalized spacial score (nSPS) is 12.4. The summed E-state index contributed by atoms with van der Waals surface area (Å²) in [5, 5.41) is 3.38. The van der Waals surface area contributed by atoms with Crippen LogP contribution >= 0.6 is 11.3 Å². The van der Waals surface area contributed by atoms with Gasteiger partial charge in [0.05, 0.1) is 0 Å². The Bertz CT molecular complexity index is 295. The topological polar surface area (TPSA) is 12.0 Å². The van der Waals surface area contributed by atoms with E-state index in [1.54, 1.807) is 0 Å². The van der Waals surface area contributed by atoms with Crippen molar-refractivity contribution in [2.24, 2.45) is 0 Å². The van der Waals surface area contributed by atoms with Gasteiger partial charge in [0.2, 0.25) is 0 Å². The molecule has 0 aliphatic heterocycles. The van der Waals surface area contributed by atoms with Crippen LogP contribution in [-0.4, -0.2) is 6.04 Å². The average Bonchev–Trinajstić information content (AvgIpc) is 2.49. The molecule has 2 heteroatoms. The van der Waals surface area contributed by atoms with Crippen LogP contribution in [0.25, 0.3) is 0 Å². The first-order valence-corrected chi connectivity index (χ1v) is 5.26. The fraction of sp³-hybridized carbons (Fsp3) is 0.455. The van der Waals surface area contributed by atoms with Gasteiger partial charge in [0.1, 0.15) is 0 Å². The van der Waals surface area contributed by atoms with Crippen LogP contribution in [0.3, 0.4) is 0 Å². The summed E-state index contributed by atoms with van der Waals surface area (Å²) in [4.78, 5) is 2.74. The van der Waals surface area contributed by atoms with Gasteiger partial charge in [-0.25, -0.2) is 0 Å². The molecular formula is C11H15NS. The molecule has 1 aromatic heterocycles. The maximum absolute atomic E-state index is 5.22. The molecule has 0 aromatic carbocycles. The van der Waals surface area contributed by atoms with Crippen molar-refractivity contribution in [3.8, 4) is 12.3 Å². The molecule has 0 aliphatic rings. The van der Waals surface area contributed by atoms with Gasteiger partial charge in [0, 0.05) is 28.8 Å². The molecule has 1 atom stereocenters. The molecule has 0 saturated carbocycles. The molecule has 0 saturated heterocycles. The summed E-state index contributed by atoms with van der Waals surface area (Å²) in [7, 11) is 0. The monoisotopic (exact) mass is 193 g/mol. The van der Waals surface area contributed by atoms with Gasteiger partial charge >= 0.3 is 0 Å². The van der Waals surface area contributed by atoms with Gasteiger partial charge in [-0.3, -0.25) is 0 Å². The van der Waals surface area contributed by atoms with E-state index in [9.17, 15) is 0 Å². The molecule has 1 nitrogen and oxygen atoms in total. The van der Waals surface area contributed by atoms with Gasteiger partial charge in [-0.2, -0.15) is 0 Å². The summed E-state index contributed by atoms with van der Waals surface area (Å²) >= 11 is 1.83. The fourth-order valence-corrected chi connectivity index (χ4v) is 1.95. The highest BCUT2D eigenvalue weighted by atomic mass is 32.1. The van der Waals surface area contributed by atoms with Crippen molar-refractivity contribution in [2.75, 3.05) is 0 Å². The van der Waals surface area contributed by atoms with E-state index in [1.165, 1.54) is 9.75 Å². The lowest BCUT2D eigenvalue weighted by molar-refractivity contribution is 0.563. The van der Waals surface area contributed by atoms with Gasteiger partial charge < -0.3 is 5.32 Å². The van der Waals surface area contributed by atoms with Crippen LogP contribution in [-0.2, 0) is 6.54 Å². The summed E-state index contributed by atoms with van der Waals surface area (Å²) in [5.74, 6) is 2.65. The van der Waals surface area contributed by atoms with E-state index in [2.05, 4.69) is 37.2 Å². The third-order valence-electron chi connectivity index (χ3n) is 1.84. The van der Waals surface area contributed by atoms with Gasteiger partial charge in [0.15, 0.2) is 0 Å². The molecular weight excluding hydrogens is 178 g/mol. The van der Waals surface area contributed by atoms with Gasteiger partial charge in [0.25, 0.3) is 0 Å². The van der Waals surface area contributed by atoms with Crippen molar-refractivity contribution in [3.05, 3.63) is 21.9 Å². The SMILES string of the molecule is C#CCC(C)NCc1ccc(C)s1. The second-order valence-corrected chi connectivity index (χ2v) is 4.58. The summed E-state index contributed by atoms with van der Waals surface area (Å²) in [6.45, 7) is 5.17. The molecule has 0 radical (unpaired) electrons. The second-order valence-electron chi connectivity index (χ2n) is 3.20. The molecule has 70 valence electrons. The highest BCUT2D eigenvalue weighted by molar-refractivity contribution is 7.11. The summed E-state index contributed by atoms with van der Waals surface area (Å²) in [6, 6.07) is 4.72. The lowest BCUT2D eigenvalue weighted by atomic mass is 10.2. The number of hydrogen-bond acceptors (Lipinski definition) is 2. The summed E-state index contributed by atoms with van der Waals surface area (Å²) in [5.41, 5.74) is 0. The standard InChI is InChI=1S/C11H15NS/c1-4-5-9(2)12-8-11-7-6-10(3)13-11/h1,6-7,9,12H,5,8H2,2-3H3. The predicted octanol–water partition coefficient (Wildman–Crippen LogP) is 2.56. The van der Waals surface area contributed by atoms with E-state index >= 15 is 0 Å². The number of terminal acetylenes is 1. The zero-order valence-electron chi connectivity index (χ0n) is 8.13. The quantitative estimate of drug-likeness (QED) is 0.725.